The molecular formula is C8H16N2O3S. The lowest BCUT2D eigenvalue weighted by atomic mass is 9.90. The molecule has 0 spiro atoms. The highest BCUT2D eigenvalue weighted by molar-refractivity contribution is 7.89. The highest BCUT2D eigenvalue weighted by Gasteiger charge is 2.35. The molecule has 1 heterocycles. The van der Waals surface area contributed by atoms with Gasteiger partial charge in [0.2, 0.25) is 10.0 Å². The van der Waals surface area contributed by atoms with Gasteiger partial charge in [-0.15, -0.1) is 0 Å². The van der Waals surface area contributed by atoms with Crippen molar-refractivity contribution in [1.29, 1.82) is 0 Å². The summed E-state index contributed by atoms with van der Waals surface area (Å²) in [7, 11) is -3.45. The normalized spacial score (nSPS) is 28.4. The zero-order valence-corrected chi connectivity index (χ0v) is 9.28. The molecule has 1 atom stereocenters. The molecule has 82 valence electrons. The van der Waals surface area contributed by atoms with E-state index in [2.05, 4.69) is 5.32 Å². The van der Waals surface area contributed by atoms with Gasteiger partial charge < -0.3 is 5.32 Å². The molecule has 0 radical (unpaired) electrons. The van der Waals surface area contributed by atoms with Gasteiger partial charge in [0.1, 0.15) is 0 Å². The third kappa shape index (κ3) is 2.95. The summed E-state index contributed by atoms with van der Waals surface area (Å²) in [4.78, 5) is 11.6. The van der Waals surface area contributed by atoms with Crippen molar-refractivity contribution in [1.82, 2.24) is 10.0 Å². The number of hydrogen-bond donors (Lipinski definition) is 2. The summed E-state index contributed by atoms with van der Waals surface area (Å²) < 4.78 is 23.7. The highest BCUT2D eigenvalue weighted by atomic mass is 32.2. The first-order chi connectivity index (χ1) is 6.33. The molecule has 1 aliphatic heterocycles. The van der Waals surface area contributed by atoms with Crippen LogP contribution >= 0.6 is 0 Å². The van der Waals surface area contributed by atoms with Gasteiger partial charge in [0.15, 0.2) is 0 Å². The smallest absolute Gasteiger partial charge is 0.253 e. The summed E-state index contributed by atoms with van der Waals surface area (Å²) in [6.45, 7) is 2.49. The quantitative estimate of drug-likeness (QED) is 0.663. The molecule has 0 saturated carbocycles. The number of sulfonamides is 1. The molecule has 1 saturated heterocycles. The standard InChI is InChI=1S/C8H16N2O3S/c1-8(5-3-4-6-9-8)7(11)10-14(2,12)13/h9H,3-6H2,1-2H3,(H,10,11). The van der Waals surface area contributed by atoms with Gasteiger partial charge in [-0.25, -0.2) is 8.42 Å². The first-order valence-corrected chi connectivity index (χ1v) is 6.50. The van der Waals surface area contributed by atoms with Crippen LogP contribution in [0, 0.1) is 0 Å². The predicted molar refractivity (Wildman–Crippen MR) is 53.2 cm³/mol. The minimum atomic E-state index is -3.45. The zero-order chi connectivity index (χ0) is 10.8. The Balaban J connectivity index is 2.67. The Kier molecular flexibility index (Phi) is 3.16. The minimum absolute atomic E-state index is 0.459. The molecule has 1 rings (SSSR count). The fourth-order valence-electron chi connectivity index (χ4n) is 1.53. The molecule has 0 aromatic rings. The Morgan fingerprint density at radius 1 is 1.43 bits per heavy atom. The molecule has 0 bridgehead atoms. The molecule has 2 N–H and O–H groups in total. The molecule has 5 nitrogen and oxygen atoms in total. The monoisotopic (exact) mass is 220 g/mol. The third-order valence-corrected chi connectivity index (χ3v) is 2.95. The second-order valence-corrected chi connectivity index (χ2v) is 5.67. The van der Waals surface area contributed by atoms with E-state index in [4.69, 9.17) is 0 Å². The molecule has 0 aromatic carbocycles. The summed E-state index contributed by atoms with van der Waals surface area (Å²) in [6.07, 6.45) is 3.63. The third-order valence-electron chi connectivity index (χ3n) is 2.40. The maximum absolute atomic E-state index is 11.6. The topological polar surface area (TPSA) is 75.3 Å². The number of carbonyl (C=O) groups is 1. The fourth-order valence-corrected chi connectivity index (χ4v) is 2.09. The molecule has 14 heavy (non-hydrogen) atoms. The first kappa shape index (κ1) is 11.5. The van der Waals surface area contributed by atoms with Gasteiger partial charge >= 0.3 is 0 Å². The molecule has 1 amide bonds. The Morgan fingerprint density at radius 2 is 2.07 bits per heavy atom. The van der Waals surface area contributed by atoms with E-state index < -0.39 is 21.5 Å². The van der Waals surface area contributed by atoms with E-state index >= 15 is 0 Å². The van der Waals surface area contributed by atoms with Crippen molar-refractivity contribution in [2.24, 2.45) is 0 Å². The van der Waals surface area contributed by atoms with Gasteiger partial charge in [-0.1, -0.05) is 0 Å². The lowest BCUT2D eigenvalue weighted by molar-refractivity contribution is -0.126. The maximum Gasteiger partial charge on any atom is 0.253 e. The lowest BCUT2D eigenvalue weighted by Crippen LogP contribution is -2.57. The molecule has 1 aliphatic rings. The summed E-state index contributed by atoms with van der Waals surface area (Å²) in [5, 5.41) is 3.04. The number of hydrogen-bond acceptors (Lipinski definition) is 4. The second kappa shape index (κ2) is 3.86. The van der Waals surface area contributed by atoms with E-state index in [0.717, 1.165) is 25.6 Å². The van der Waals surface area contributed by atoms with E-state index in [1.807, 2.05) is 4.72 Å². The minimum Gasteiger partial charge on any atom is -0.304 e. The van der Waals surface area contributed by atoms with Crippen molar-refractivity contribution in [2.75, 3.05) is 12.8 Å². The average Bonchev–Trinajstić information content (AvgIpc) is 2.02. The molecule has 0 aliphatic carbocycles. The van der Waals surface area contributed by atoms with E-state index in [9.17, 15) is 13.2 Å². The summed E-state index contributed by atoms with van der Waals surface area (Å²) in [5.74, 6) is -0.459. The van der Waals surface area contributed by atoms with Crippen molar-refractivity contribution >= 4 is 15.9 Å². The van der Waals surface area contributed by atoms with Crippen LogP contribution in [0.2, 0.25) is 0 Å². The first-order valence-electron chi connectivity index (χ1n) is 4.61. The molecule has 0 aromatic heterocycles. The van der Waals surface area contributed by atoms with Crippen molar-refractivity contribution in [2.45, 2.75) is 31.7 Å². The SMILES string of the molecule is CC1(C(=O)NS(C)(=O)=O)CCCCN1. The Labute approximate surface area is 84.3 Å². The van der Waals surface area contributed by atoms with Crippen LogP contribution < -0.4 is 10.0 Å². The highest BCUT2D eigenvalue weighted by Crippen LogP contribution is 2.18. The van der Waals surface area contributed by atoms with Gasteiger partial charge in [0, 0.05) is 0 Å². The van der Waals surface area contributed by atoms with E-state index in [0.29, 0.717) is 6.42 Å². The number of nitrogens with one attached hydrogen (secondary N) is 2. The fraction of sp³-hybridized carbons (Fsp3) is 0.875. The summed E-state index contributed by atoms with van der Waals surface area (Å²) >= 11 is 0. The Bertz CT molecular complexity index is 317. The number of rotatable bonds is 2. The van der Waals surface area contributed by atoms with Crippen LogP contribution in [0.1, 0.15) is 26.2 Å². The number of piperidine rings is 1. The van der Waals surface area contributed by atoms with Crippen LogP contribution in [-0.4, -0.2) is 32.7 Å². The largest absolute Gasteiger partial charge is 0.304 e. The molecule has 6 heteroatoms. The zero-order valence-electron chi connectivity index (χ0n) is 8.46. The van der Waals surface area contributed by atoms with Crippen LogP contribution in [0.3, 0.4) is 0 Å². The number of carbonyl (C=O) groups excluding carboxylic acids is 1. The van der Waals surface area contributed by atoms with E-state index in [1.54, 1.807) is 6.92 Å². The van der Waals surface area contributed by atoms with Gasteiger partial charge in [-0.05, 0) is 32.7 Å². The van der Waals surface area contributed by atoms with Crippen LogP contribution in [0.25, 0.3) is 0 Å². The van der Waals surface area contributed by atoms with Gasteiger partial charge in [-0.2, -0.15) is 0 Å². The summed E-state index contributed by atoms with van der Waals surface area (Å²) in [6, 6.07) is 0. The van der Waals surface area contributed by atoms with Gasteiger partial charge in [-0.3, -0.25) is 9.52 Å². The van der Waals surface area contributed by atoms with Gasteiger partial charge in [0.25, 0.3) is 5.91 Å². The van der Waals surface area contributed by atoms with Crippen LogP contribution in [0.4, 0.5) is 0 Å². The van der Waals surface area contributed by atoms with Crippen LogP contribution in [0.15, 0.2) is 0 Å². The van der Waals surface area contributed by atoms with Crippen LogP contribution in [0.5, 0.6) is 0 Å². The van der Waals surface area contributed by atoms with Crippen molar-refractivity contribution in [3.63, 3.8) is 0 Å². The molecule has 1 fully saturated rings. The Morgan fingerprint density at radius 3 is 2.50 bits per heavy atom. The molecule has 1 unspecified atom stereocenters. The second-order valence-electron chi connectivity index (χ2n) is 3.92. The molecular weight excluding hydrogens is 204 g/mol. The van der Waals surface area contributed by atoms with E-state index in [-0.39, 0.29) is 0 Å². The van der Waals surface area contributed by atoms with Crippen molar-refractivity contribution < 1.29 is 13.2 Å². The predicted octanol–water partition coefficient (Wildman–Crippen LogP) is -0.406. The average molecular weight is 220 g/mol. The lowest BCUT2D eigenvalue weighted by Gasteiger charge is -2.32. The maximum atomic E-state index is 11.6. The van der Waals surface area contributed by atoms with Crippen molar-refractivity contribution in [3.05, 3.63) is 0 Å². The summed E-state index contributed by atoms with van der Waals surface area (Å²) in [5.41, 5.74) is -0.735. The Hall–Kier alpha value is -0.620. The van der Waals surface area contributed by atoms with Gasteiger partial charge in [0.05, 0.1) is 11.8 Å². The van der Waals surface area contributed by atoms with Crippen LogP contribution in [-0.2, 0) is 14.8 Å². The van der Waals surface area contributed by atoms with E-state index in [1.165, 1.54) is 0 Å². The number of amides is 1. The van der Waals surface area contributed by atoms with Crippen molar-refractivity contribution in [3.8, 4) is 0 Å².